The van der Waals surface area contributed by atoms with E-state index in [0.29, 0.717) is 32.3 Å². The molecule has 0 saturated heterocycles. The molecule has 0 aliphatic heterocycles. The van der Waals surface area contributed by atoms with E-state index in [1.807, 2.05) is 0 Å². The van der Waals surface area contributed by atoms with Crippen molar-refractivity contribution >= 4 is 11.9 Å². The van der Waals surface area contributed by atoms with E-state index in [4.69, 9.17) is 25.5 Å². The maximum atomic E-state index is 11.8. The summed E-state index contributed by atoms with van der Waals surface area (Å²) in [6, 6.07) is 0. The zero-order chi connectivity index (χ0) is 74.2. The summed E-state index contributed by atoms with van der Waals surface area (Å²) in [6.07, 6.45) is 105. The Balaban J connectivity index is -0.00000159. The van der Waals surface area contributed by atoms with Crippen LogP contribution in [0.25, 0.3) is 0 Å². The van der Waals surface area contributed by atoms with Crippen molar-refractivity contribution in [2.75, 3.05) is 6.61 Å². The van der Waals surface area contributed by atoms with Gasteiger partial charge in [0.1, 0.15) is 0 Å². The van der Waals surface area contributed by atoms with Crippen LogP contribution in [0.15, 0.2) is 0 Å². The third kappa shape index (κ3) is 94.8. The first-order valence-electron chi connectivity index (χ1n) is 46.4. The summed E-state index contributed by atoms with van der Waals surface area (Å²) in [7, 11) is 0. The topological polar surface area (TPSA) is 176 Å². The lowest BCUT2D eigenvalue weighted by molar-refractivity contribution is -0.160. The SMILES string of the molecule is CCCCCCCCCCCCCCCCC(O)(CCCCCCCCCCCCCCCCCCCCCCCCCCCCO)C(=O)O.CCCCCCCCCCCCCCCCC(O)C(=O)O.CCCCCCCCCCCCCCCCCCCCCCCCCCCC(O)O. The first-order chi connectivity index (χ1) is 49.5. The van der Waals surface area contributed by atoms with E-state index < -0.39 is 29.9 Å². The Morgan fingerprint density at radius 3 is 0.525 bits per heavy atom. The molecule has 0 rings (SSSR count). The van der Waals surface area contributed by atoms with Gasteiger partial charge in [-0.15, -0.1) is 0 Å². The van der Waals surface area contributed by atoms with Gasteiger partial charge in [-0.05, 0) is 51.4 Å². The summed E-state index contributed by atoms with van der Waals surface area (Å²) in [4.78, 5) is 22.2. The molecule has 0 aliphatic carbocycles. The molecule has 0 heterocycles. The molecule has 0 radical (unpaired) electrons. The van der Waals surface area contributed by atoms with Crippen molar-refractivity contribution in [2.24, 2.45) is 0 Å². The fourth-order valence-electron chi connectivity index (χ4n) is 14.8. The van der Waals surface area contributed by atoms with Gasteiger partial charge in [-0.2, -0.15) is 0 Å². The van der Waals surface area contributed by atoms with E-state index in [-0.39, 0.29) is 0 Å². The van der Waals surface area contributed by atoms with Crippen LogP contribution in [0.4, 0.5) is 0 Å². The average molecular weight is 1440 g/mol. The van der Waals surface area contributed by atoms with Crippen LogP contribution < -0.4 is 0 Å². The molecule has 0 aromatic heterocycles. The third-order valence-electron chi connectivity index (χ3n) is 22.0. The van der Waals surface area contributed by atoms with E-state index in [1.54, 1.807) is 0 Å². The Morgan fingerprint density at radius 2 is 0.376 bits per heavy atom. The van der Waals surface area contributed by atoms with Crippen LogP contribution in [0.2, 0.25) is 0 Å². The monoisotopic (exact) mass is 1440 g/mol. The summed E-state index contributed by atoms with van der Waals surface area (Å²) in [5.74, 6) is -2.11. The Labute approximate surface area is 632 Å². The molecule has 0 saturated carbocycles. The van der Waals surface area contributed by atoms with E-state index in [2.05, 4.69) is 20.8 Å². The molecule has 0 aliphatic rings. The normalized spacial score (nSPS) is 12.4. The van der Waals surface area contributed by atoms with Crippen molar-refractivity contribution in [3.8, 4) is 0 Å². The van der Waals surface area contributed by atoms with Gasteiger partial charge in [0.05, 0.1) is 0 Å². The maximum Gasteiger partial charge on any atom is 0.335 e. The minimum Gasteiger partial charge on any atom is -0.479 e. The maximum absolute atomic E-state index is 11.8. The quantitative estimate of drug-likeness (QED) is 0.0231. The number of aliphatic hydroxyl groups excluding tert-OH is 3. The van der Waals surface area contributed by atoms with Gasteiger partial charge in [-0.3, -0.25) is 0 Å². The van der Waals surface area contributed by atoms with Crippen LogP contribution in [0, 0.1) is 0 Å². The predicted octanol–water partition coefficient (Wildman–Crippen LogP) is 30.0. The predicted molar refractivity (Wildman–Crippen MR) is 442 cm³/mol. The highest BCUT2D eigenvalue weighted by Gasteiger charge is 2.34. The Kier molecular flexibility index (Phi) is 95.6. The summed E-state index contributed by atoms with van der Waals surface area (Å²) in [5.41, 5.74) is -1.52. The van der Waals surface area contributed by atoms with Crippen LogP contribution in [0.1, 0.15) is 554 Å². The van der Waals surface area contributed by atoms with Crippen LogP contribution in [0.3, 0.4) is 0 Å². The summed E-state index contributed by atoms with van der Waals surface area (Å²) in [5, 5.41) is 64.5. The largest absolute Gasteiger partial charge is 0.479 e. The number of aliphatic hydroxyl groups is 5. The molecule has 9 heteroatoms. The smallest absolute Gasteiger partial charge is 0.335 e. The molecule has 0 bridgehead atoms. The van der Waals surface area contributed by atoms with Gasteiger partial charge in [-0.1, -0.05) is 502 Å². The fourth-order valence-corrected chi connectivity index (χ4v) is 14.8. The first kappa shape index (κ1) is 104. The van der Waals surface area contributed by atoms with Crippen LogP contribution in [-0.4, -0.2) is 72.3 Å². The minimum atomic E-state index is -1.52. The average Bonchev–Trinajstić information content (AvgIpc) is 0.901. The van der Waals surface area contributed by atoms with Gasteiger partial charge in [0.2, 0.25) is 0 Å². The van der Waals surface area contributed by atoms with Crippen molar-refractivity contribution in [1.82, 2.24) is 0 Å². The van der Waals surface area contributed by atoms with Crippen molar-refractivity contribution in [3.05, 3.63) is 0 Å². The van der Waals surface area contributed by atoms with E-state index in [9.17, 15) is 19.8 Å². The highest BCUT2D eigenvalue weighted by Crippen LogP contribution is 2.26. The molecular weight excluding hydrogens is 1250 g/mol. The number of carboxylic acid groups (broad SMARTS) is 2. The molecule has 9 nitrogen and oxygen atoms in total. The second-order valence-corrected chi connectivity index (χ2v) is 32.3. The van der Waals surface area contributed by atoms with Gasteiger partial charge in [0, 0.05) is 6.61 Å². The van der Waals surface area contributed by atoms with Crippen LogP contribution in [-0.2, 0) is 9.59 Å². The number of hydrogen-bond donors (Lipinski definition) is 7. The lowest BCUT2D eigenvalue weighted by Gasteiger charge is -2.23. The molecule has 0 spiro atoms. The number of rotatable bonds is 86. The number of carboxylic acids is 2. The second-order valence-electron chi connectivity index (χ2n) is 32.3. The van der Waals surface area contributed by atoms with Gasteiger partial charge in [0.15, 0.2) is 18.0 Å². The second kappa shape index (κ2) is 92.9. The molecule has 0 fully saturated rings. The molecule has 2 unspecified atom stereocenters. The van der Waals surface area contributed by atoms with Gasteiger partial charge >= 0.3 is 11.9 Å². The molecule has 7 N–H and O–H groups in total. The van der Waals surface area contributed by atoms with Crippen molar-refractivity contribution in [3.63, 3.8) is 0 Å². The number of unbranched alkanes of at least 4 members (excludes halogenated alkanes) is 75. The van der Waals surface area contributed by atoms with E-state index >= 15 is 0 Å². The standard InChI is InChI=1S/C46H92O4.C28H58O2.C18H36O3/c1-2-3-4-5-6-7-8-9-24-27-30-33-36-39-42-46(50,45(48)49)43-40-37-34-31-28-25-22-20-18-16-14-12-10-11-13-15-17-19-21-23-26-29-32-35-38-41-44-47;1-2-3-4-5-6-7-8-9-10-11-12-13-14-15-16-17-18-19-20-21-22-23-24-25-26-27-28(29)30;1-2-3-4-5-6-7-8-9-10-11-12-13-14-15-16-17(19)18(20)21/h47,50H,2-44H2,1H3,(H,48,49);28-30H,2-27H2,1H3;17,19H,2-16H2,1H3,(H,20,21). The lowest BCUT2D eigenvalue weighted by atomic mass is 9.89. The first-order valence-corrected chi connectivity index (χ1v) is 46.4. The summed E-state index contributed by atoms with van der Waals surface area (Å²) < 4.78 is 0. The number of hydrogen-bond acceptors (Lipinski definition) is 7. The summed E-state index contributed by atoms with van der Waals surface area (Å²) in [6.45, 7) is 7.19. The van der Waals surface area contributed by atoms with Crippen LogP contribution >= 0.6 is 0 Å². The van der Waals surface area contributed by atoms with Gasteiger partial charge < -0.3 is 35.7 Å². The zero-order valence-electron chi connectivity index (χ0n) is 69.0. The Bertz CT molecular complexity index is 1490. The number of carbonyl (C=O) groups is 2. The Morgan fingerprint density at radius 1 is 0.228 bits per heavy atom. The van der Waals surface area contributed by atoms with Gasteiger partial charge in [-0.25, -0.2) is 9.59 Å². The Hall–Kier alpha value is -1.26. The number of aliphatic carboxylic acids is 2. The molecule has 101 heavy (non-hydrogen) atoms. The highest BCUT2D eigenvalue weighted by molar-refractivity contribution is 5.77. The van der Waals surface area contributed by atoms with E-state index in [0.717, 1.165) is 57.8 Å². The molecule has 2 atom stereocenters. The summed E-state index contributed by atoms with van der Waals surface area (Å²) >= 11 is 0. The van der Waals surface area contributed by atoms with Crippen LogP contribution in [0.5, 0.6) is 0 Å². The highest BCUT2D eigenvalue weighted by atomic mass is 16.5. The lowest BCUT2D eigenvalue weighted by Crippen LogP contribution is -2.38. The third-order valence-corrected chi connectivity index (χ3v) is 22.0. The fraction of sp³-hybridized carbons (Fsp3) is 0.978. The molecule has 0 amide bonds. The molecular formula is C92H186O9. The van der Waals surface area contributed by atoms with Crippen molar-refractivity contribution in [2.45, 2.75) is 572 Å². The molecule has 0 aromatic rings. The molecule has 0 aromatic carbocycles. The van der Waals surface area contributed by atoms with Gasteiger partial charge in [0.25, 0.3) is 0 Å². The molecule has 608 valence electrons. The van der Waals surface area contributed by atoms with Crippen molar-refractivity contribution in [1.29, 1.82) is 0 Å². The van der Waals surface area contributed by atoms with E-state index in [1.165, 1.54) is 449 Å². The minimum absolute atomic E-state index is 0.359. The zero-order valence-corrected chi connectivity index (χ0v) is 69.0. The van der Waals surface area contributed by atoms with Crippen molar-refractivity contribution < 1.29 is 45.3 Å².